The van der Waals surface area contributed by atoms with Gasteiger partial charge in [-0.15, -0.1) is 0 Å². The van der Waals surface area contributed by atoms with E-state index in [1.54, 1.807) is 24.3 Å². The molecule has 2 aliphatic rings. The lowest BCUT2D eigenvalue weighted by atomic mass is 10.1. The summed E-state index contributed by atoms with van der Waals surface area (Å²) in [6.07, 6.45) is 3.22. The molecule has 2 fully saturated rings. The summed E-state index contributed by atoms with van der Waals surface area (Å²) in [5, 5.41) is 12.6. The van der Waals surface area contributed by atoms with Gasteiger partial charge in [0.15, 0.2) is 0 Å². The van der Waals surface area contributed by atoms with Crippen LogP contribution in [0.3, 0.4) is 0 Å². The zero-order valence-electron chi connectivity index (χ0n) is 20.8. The highest BCUT2D eigenvalue weighted by Crippen LogP contribution is 2.30. The highest BCUT2D eigenvalue weighted by atomic mass is 35.5. The number of nitrogens with one attached hydrogen (secondary N) is 1. The predicted molar refractivity (Wildman–Crippen MR) is 144 cm³/mol. The summed E-state index contributed by atoms with van der Waals surface area (Å²) >= 11 is 12.0. The number of carboxylic acids is 1. The molecule has 0 saturated carbocycles. The van der Waals surface area contributed by atoms with E-state index in [1.807, 2.05) is 0 Å². The number of hydrogen-bond donors (Lipinski definition) is 2. The van der Waals surface area contributed by atoms with Gasteiger partial charge in [0, 0.05) is 29.6 Å². The molecule has 38 heavy (non-hydrogen) atoms. The Bertz CT molecular complexity index is 1230. The molecule has 0 spiro atoms. The van der Waals surface area contributed by atoms with Crippen LogP contribution in [0.1, 0.15) is 31.2 Å². The van der Waals surface area contributed by atoms with E-state index < -0.39 is 34.0 Å². The van der Waals surface area contributed by atoms with Gasteiger partial charge in [0.05, 0.1) is 4.90 Å². The van der Waals surface area contributed by atoms with Crippen LogP contribution in [0, 0.1) is 0 Å². The minimum Gasteiger partial charge on any atom is -0.492 e. The normalized spacial score (nSPS) is 19.4. The monoisotopic (exact) mass is 583 g/mol. The number of amides is 1. The smallest absolute Gasteiger partial charge is 0.326 e. The first kappa shape index (κ1) is 28.6. The van der Waals surface area contributed by atoms with E-state index in [0.717, 1.165) is 23.9 Å². The minimum absolute atomic E-state index is 0.0402. The Morgan fingerprint density at radius 2 is 1.68 bits per heavy atom. The summed E-state index contributed by atoms with van der Waals surface area (Å²) in [6, 6.07) is 8.79. The second kappa shape index (κ2) is 12.7. The van der Waals surface area contributed by atoms with Crippen LogP contribution in [0.15, 0.2) is 47.4 Å². The standard InChI is InChI=1S/C26H31Cl2N3O6S/c27-19-15-20(28)17-22(16-19)38(35,36)31-11-3-4-24(31)25(32)29-23(26(33)34)14-18-5-7-21(8-6-18)37-13-12-30-9-1-2-10-30/h5-8,15-17,23-24H,1-4,9-14H2,(H,29,32)(H,33,34)/t23-,24-/m0/s1. The fourth-order valence-electron chi connectivity index (χ4n) is 4.83. The van der Waals surface area contributed by atoms with Crippen LogP contribution in [0.25, 0.3) is 0 Å². The molecule has 206 valence electrons. The lowest BCUT2D eigenvalue weighted by Crippen LogP contribution is -2.51. The summed E-state index contributed by atoms with van der Waals surface area (Å²) in [6.45, 7) is 3.78. The first-order valence-corrected chi connectivity index (χ1v) is 14.8. The third-order valence-corrected chi connectivity index (χ3v) is 9.12. The van der Waals surface area contributed by atoms with Crippen molar-refractivity contribution < 1.29 is 27.9 Å². The fourth-order valence-corrected chi connectivity index (χ4v) is 7.21. The predicted octanol–water partition coefficient (Wildman–Crippen LogP) is 3.43. The van der Waals surface area contributed by atoms with Crippen LogP contribution in [0.5, 0.6) is 5.75 Å². The van der Waals surface area contributed by atoms with E-state index >= 15 is 0 Å². The molecule has 1 amide bonds. The van der Waals surface area contributed by atoms with Crippen LogP contribution in [0.2, 0.25) is 10.0 Å². The largest absolute Gasteiger partial charge is 0.492 e. The zero-order chi connectivity index (χ0) is 27.3. The van der Waals surface area contributed by atoms with Crippen molar-refractivity contribution in [3.05, 3.63) is 58.1 Å². The average molecular weight is 585 g/mol. The number of carbonyl (C=O) groups excluding carboxylic acids is 1. The Morgan fingerprint density at radius 1 is 1.03 bits per heavy atom. The summed E-state index contributed by atoms with van der Waals surface area (Å²) in [5.41, 5.74) is 0.703. The topological polar surface area (TPSA) is 116 Å². The van der Waals surface area contributed by atoms with Crippen LogP contribution in [-0.4, -0.2) is 79.5 Å². The van der Waals surface area contributed by atoms with Crippen LogP contribution in [0.4, 0.5) is 0 Å². The van der Waals surface area contributed by atoms with E-state index in [4.69, 9.17) is 27.9 Å². The molecule has 0 aliphatic carbocycles. The maximum absolute atomic E-state index is 13.2. The SMILES string of the molecule is O=C(O)[C@H](Cc1ccc(OCCN2CCCC2)cc1)NC(=O)[C@@H]1CCCN1S(=O)(=O)c1cc(Cl)cc(Cl)c1. The van der Waals surface area contributed by atoms with Crippen molar-refractivity contribution in [3.8, 4) is 5.75 Å². The molecular formula is C26H31Cl2N3O6S. The Balaban J connectivity index is 1.37. The van der Waals surface area contributed by atoms with Crippen molar-refractivity contribution in [2.75, 3.05) is 32.8 Å². The molecule has 0 radical (unpaired) electrons. The van der Waals surface area contributed by atoms with E-state index in [-0.39, 0.29) is 34.3 Å². The number of nitrogens with zero attached hydrogens (tertiary/aromatic N) is 2. The quantitative estimate of drug-likeness (QED) is 0.416. The summed E-state index contributed by atoms with van der Waals surface area (Å²) < 4.78 is 33.4. The van der Waals surface area contributed by atoms with Crippen LogP contribution >= 0.6 is 23.2 Å². The van der Waals surface area contributed by atoms with Gasteiger partial charge in [0.25, 0.3) is 0 Å². The molecule has 2 aromatic carbocycles. The maximum atomic E-state index is 13.2. The number of carbonyl (C=O) groups is 2. The van der Waals surface area contributed by atoms with E-state index in [0.29, 0.717) is 24.3 Å². The Labute approximate surface area is 232 Å². The van der Waals surface area contributed by atoms with Gasteiger partial charge in [0.1, 0.15) is 24.4 Å². The first-order chi connectivity index (χ1) is 18.1. The number of benzene rings is 2. The van der Waals surface area contributed by atoms with Gasteiger partial charge in [-0.3, -0.25) is 9.69 Å². The molecule has 2 N–H and O–H groups in total. The highest BCUT2D eigenvalue weighted by molar-refractivity contribution is 7.89. The lowest BCUT2D eigenvalue weighted by molar-refractivity contribution is -0.142. The first-order valence-electron chi connectivity index (χ1n) is 12.6. The Hall–Kier alpha value is -2.37. The molecule has 4 rings (SSSR count). The van der Waals surface area contributed by atoms with Crippen molar-refractivity contribution in [1.82, 2.24) is 14.5 Å². The number of halogens is 2. The van der Waals surface area contributed by atoms with Gasteiger partial charge in [-0.2, -0.15) is 4.31 Å². The van der Waals surface area contributed by atoms with Crippen molar-refractivity contribution in [1.29, 1.82) is 0 Å². The van der Waals surface area contributed by atoms with Crippen molar-refractivity contribution >= 4 is 45.1 Å². The molecule has 2 aliphatic heterocycles. The number of likely N-dealkylation sites (tertiary alicyclic amines) is 1. The molecule has 0 unspecified atom stereocenters. The molecule has 9 nitrogen and oxygen atoms in total. The minimum atomic E-state index is -4.07. The summed E-state index contributed by atoms with van der Waals surface area (Å²) in [7, 11) is -4.07. The maximum Gasteiger partial charge on any atom is 0.326 e. The van der Waals surface area contributed by atoms with E-state index in [1.165, 1.54) is 31.0 Å². The van der Waals surface area contributed by atoms with Crippen LogP contribution in [-0.2, 0) is 26.0 Å². The molecule has 0 bridgehead atoms. The second-order valence-electron chi connectivity index (χ2n) is 9.52. The number of ether oxygens (including phenoxy) is 1. The van der Waals surface area contributed by atoms with Gasteiger partial charge in [-0.05, 0) is 74.7 Å². The number of aliphatic carboxylic acids is 1. The second-order valence-corrected chi connectivity index (χ2v) is 12.3. The number of sulfonamides is 1. The average Bonchev–Trinajstić information content (AvgIpc) is 3.57. The Kier molecular flexibility index (Phi) is 9.54. The van der Waals surface area contributed by atoms with Gasteiger partial charge in [0.2, 0.25) is 15.9 Å². The summed E-state index contributed by atoms with van der Waals surface area (Å²) in [5.74, 6) is -1.18. The van der Waals surface area contributed by atoms with E-state index in [2.05, 4.69) is 10.2 Å². The van der Waals surface area contributed by atoms with Gasteiger partial charge in [-0.25, -0.2) is 13.2 Å². The van der Waals surface area contributed by atoms with Gasteiger partial charge in [-0.1, -0.05) is 35.3 Å². The molecule has 0 aromatic heterocycles. The molecule has 2 saturated heterocycles. The molecular weight excluding hydrogens is 553 g/mol. The van der Waals surface area contributed by atoms with Gasteiger partial charge >= 0.3 is 5.97 Å². The molecule has 2 atom stereocenters. The van der Waals surface area contributed by atoms with E-state index in [9.17, 15) is 23.1 Å². The third kappa shape index (κ3) is 7.18. The Morgan fingerprint density at radius 3 is 2.32 bits per heavy atom. The molecule has 12 heteroatoms. The number of carboxylic acid groups (broad SMARTS) is 1. The number of rotatable bonds is 11. The number of hydrogen-bond acceptors (Lipinski definition) is 6. The van der Waals surface area contributed by atoms with Crippen LogP contribution < -0.4 is 10.1 Å². The summed E-state index contributed by atoms with van der Waals surface area (Å²) in [4.78, 5) is 27.3. The zero-order valence-corrected chi connectivity index (χ0v) is 23.1. The highest BCUT2D eigenvalue weighted by Gasteiger charge is 2.40. The lowest BCUT2D eigenvalue weighted by Gasteiger charge is -2.25. The molecule has 2 aromatic rings. The van der Waals surface area contributed by atoms with Crippen molar-refractivity contribution in [2.24, 2.45) is 0 Å². The van der Waals surface area contributed by atoms with Gasteiger partial charge < -0.3 is 15.2 Å². The van der Waals surface area contributed by atoms with Crippen molar-refractivity contribution in [2.45, 2.75) is 49.1 Å². The molecule has 2 heterocycles. The fraction of sp³-hybridized carbons (Fsp3) is 0.462. The third-order valence-electron chi connectivity index (χ3n) is 6.80. The van der Waals surface area contributed by atoms with Crippen molar-refractivity contribution in [3.63, 3.8) is 0 Å².